The summed E-state index contributed by atoms with van der Waals surface area (Å²) in [7, 11) is -3.72. The number of aromatic hydroxyl groups is 3. The van der Waals surface area contributed by atoms with Gasteiger partial charge in [-0.05, 0) is 57.2 Å². The van der Waals surface area contributed by atoms with Crippen LogP contribution < -0.4 is 15.9 Å². The van der Waals surface area contributed by atoms with E-state index in [-0.39, 0.29) is 33.2 Å². The Labute approximate surface area is 152 Å². The van der Waals surface area contributed by atoms with Gasteiger partial charge in [-0.3, -0.25) is 0 Å². The van der Waals surface area contributed by atoms with Gasteiger partial charge >= 0.3 is 0 Å². The molecule has 0 aromatic heterocycles. The van der Waals surface area contributed by atoms with E-state index < -0.39 is 7.14 Å². The Kier molecular flexibility index (Phi) is 4.55. The van der Waals surface area contributed by atoms with Gasteiger partial charge in [0, 0.05) is 0 Å². The van der Waals surface area contributed by atoms with E-state index in [0.29, 0.717) is 0 Å². The standard InChI is InChI=1S/C21H21O4P/c1-13-4-7-16(22)19(10-13)26(25,20-11-14(2)5-8-17(20)23)21-12-15(3)6-9-18(21)24/h4-12,22-24H,1-3H3. The first-order chi connectivity index (χ1) is 12.2. The summed E-state index contributed by atoms with van der Waals surface area (Å²) < 4.78 is 14.5. The van der Waals surface area contributed by atoms with Crippen LogP contribution in [0, 0.1) is 20.8 Å². The van der Waals surface area contributed by atoms with Crippen LogP contribution in [0.4, 0.5) is 0 Å². The number of phenols is 3. The number of rotatable bonds is 3. The third-order valence-corrected chi connectivity index (χ3v) is 7.52. The highest BCUT2D eigenvalue weighted by molar-refractivity contribution is 7.85. The summed E-state index contributed by atoms with van der Waals surface area (Å²) in [6, 6.07) is 14.5. The Morgan fingerprint density at radius 1 is 0.577 bits per heavy atom. The maximum Gasteiger partial charge on any atom is 0.181 e. The lowest BCUT2D eigenvalue weighted by atomic mass is 10.2. The second-order valence-corrected chi connectivity index (χ2v) is 9.25. The van der Waals surface area contributed by atoms with Crippen LogP contribution in [0.15, 0.2) is 54.6 Å². The van der Waals surface area contributed by atoms with Crippen molar-refractivity contribution in [2.45, 2.75) is 20.8 Å². The van der Waals surface area contributed by atoms with Crippen molar-refractivity contribution >= 4 is 23.1 Å². The zero-order chi connectivity index (χ0) is 19.1. The number of hydrogen-bond donors (Lipinski definition) is 3. The zero-order valence-electron chi connectivity index (χ0n) is 14.9. The first-order valence-electron chi connectivity index (χ1n) is 8.24. The van der Waals surface area contributed by atoms with Gasteiger partial charge in [0.1, 0.15) is 17.2 Å². The van der Waals surface area contributed by atoms with Crippen molar-refractivity contribution < 1.29 is 19.9 Å². The molecule has 0 unspecified atom stereocenters. The Hall–Kier alpha value is -2.71. The van der Waals surface area contributed by atoms with Crippen LogP contribution in [-0.2, 0) is 4.57 Å². The highest BCUT2D eigenvalue weighted by Crippen LogP contribution is 2.49. The number of aryl methyl sites for hydroxylation is 3. The summed E-state index contributed by atoms with van der Waals surface area (Å²) in [5.74, 6) is -0.415. The lowest BCUT2D eigenvalue weighted by Gasteiger charge is -2.23. The first kappa shape index (κ1) is 18.1. The van der Waals surface area contributed by atoms with Gasteiger partial charge in [0.25, 0.3) is 0 Å². The molecule has 0 heterocycles. The van der Waals surface area contributed by atoms with Gasteiger partial charge < -0.3 is 19.9 Å². The van der Waals surface area contributed by atoms with Crippen LogP contribution in [0.25, 0.3) is 0 Å². The molecule has 3 N–H and O–H groups in total. The minimum atomic E-state index is -3.72. The summed E-state index contributed by atoms with van der Waals surface area (Å²) in [4.78, 5) is 0. The van der Waals surface area contributed by atoms with Gasteiger partial charge in [-0.25, -0.2) is 0 Å². The largest absolute Gasteiger partial charge is 0.507 e. The van der Waals surface area contributed by atoms with Crippen molar-refractivity contribution in [1.82, 2.24) is 0 Å². The quantitative estimate of drug-likeness (QED) is 0.620. The molecule has 0 bridgehead atoms. The number of benzene rings is 3. The fourth-order valence-corrected chi connectivity index (χ4v) is 6.17. The average molecular weight is 368 g/mol. The molecular formula is C21H21O4P. The van der Waals surface area contributed by atoms with Crippen molar-refractivity contribution in [3.63, 3.8) is 0 Å². The van der Waals surface area contributed by atoms with E-state index in [9.17, 15) is 19.9 Å². The van der Waals surface area contributed by atoms with Crippen LogP contribution in [0.1, 0.15) is 16.7 Å². The first-order valence-corrected chi connectivity index (χ1v) is 9.95. The minimum Gasteiger partial charge on any atom is -0.507 e. The Bertz CT molecular complexity index is 908. The van der Waals surface area contributed by atoms with Gasteiger partial charge in [0.2, 0.25) is 0 Å². The highest BCUT2D eigenvalue weighted by Gasteiger charge is 2.37. The topological polar surface area (TPSA) is 77.8 Å². The van der Waals surface area contributed by atoms with Crippen LogP contribution >= 0.6 is 7.14 Å². The summed E-state index contributed by atoms with van der Waals surface area (Å²) >= 11 is 0. The highest BCUT2D eigenvalue weighted by atomic mass is 31.2. The van der Waals surface area contributed by atoms with Gasteiger partial charge in [-0.15, -0.1) is 0 Å². The Morgan fingerprint density at radius 2 is 0.846 bits per heavy atom. The smallest absolute Gasteiger partial charge is 0.181 e. The minimum absolute atomic E-state index is 0.138. The lowest BCUT2D eigenvalue weighted by Crippen LogP contribution is -2.26. The molecule has 134 valence electrons. The molecule has 3 aromatic carbocycles. The van der Waals surface area contributed by atoms with Crippen molar-refractivity contribution in [2.75, 3.05) is 0 Å². The van der Waals surface area contributed by atoms with Gasteiger partial charge in [0.15, 0.2) is 7.14 Å². The van der Waals surface area contributed by atoms with Crippen LogP contribution in [-0.4, -0.2) is 15.3 Å². The van der Waals surface area contributed by atoms with E-state index in [1.807, 2.05) is 20.8 Å². The molecule has 0 atom stereocenters. The molecule has 0 amide bonds. The van der Waals surface area contributed by atoms with E-state index in [1.165, 1.54) is 18.2 Å². The molecule has 0 saturated carbocycles. The molecule has 0 aliphatic heterocycles. The average Bonchev–Trinajstić information content (AvgIpc) is 2.60. The van der Waals surface area contributed by atoms with Crippen LogP contribution in [0.2, 0.25) is 0 Å². The number of phenolic OH excluding ortho intramolecular Hbond substituents is 3. The van der Waals surface area contributed by atoms with Crippen molar-refractivity contribution in [3.8, 4) is 17.2 Å². The van der Waals surface area contributed by atoms with Gasteiger partial charge in [-0.1, -0.05) is 34.9 Å². The van der Waals surface area contributed by atoms with Gasteiger partial charge in [-0.2, -0.15) is 0 Å². The van der Waals surface area contributed by atoms with Crippen molar-refractivity contribution in [1.29, 1.82) is 0 Å². The van der Waals surface area contributed by atoms with Gasteiger partial charge in [0.05, 0.1) is 15.9 Å². The normalized spacial score (nSPS) is 11.5. The molecule has 3 aromatic rings. The second-order valence-electron chi connectivity index (χ2n) is 6.59. The summed E-state index contributed by atoms with van der Waals surface area (Å²) in [5.41, 5.74) is 2.45. The maximum atomic E-state index is 14.5. The van der Waals surface area contributed by atoms with Crippen molar-refractivity contribution in [2.24, 2.45) is 0 Å². The monoisotopic (exact) mass is 368 g/mol. The fraction of sp³-hybridized carbons (Fsp3) is 0.143. The maximum absolute atomic E-state index is 14.5. The molecule has 5 heteroatoms. The second kappa shape index (κ2) is 6.54. The molecule has 0 spiro atoms. The van der Waals surface area contributed by atoms with E-state index in [2.05, 4.69) is 0 Å². The molecule has 0 radical (unpaired) electrons. The molecule has 0 saturated heterocycles. The van der Waals surface area contributed by atoms with E-state index in [1.54, 1.807) is 36.4 Å². The predicted molar refractivity (Wildman–Crippen MR) is 105 cm³/mol. The summed E-state index contributed by atoms with van der Waals surface area (Å²) in [6.07, 6.45) is 0. The molecule has 0 fully saturated rings. The molecule has 0 aliphatic rings. The molecule has 3 rings (SSSR count). The Morgan fingerprint density at radius 3 is 1.12 bits per heavy atom. The number of hydrogen-bond acceptors (Lipinski definition) is 4. The molecular weight excluding hydrogens is 347 g/mol. The van der Waals surface area contributed by atoms with E-state index >= 15 is 0 Å². The van der Waals surface area contributed by atoms with E-state index in [0.717, 1.165) is 16.7 Å². The zero-order valence-corrected chi connectivity index (χ0v) is 15.8. The third-order valence-electron chi connectivity index (χ3n) is 4.41. The Balaban J connectivity index is 2.47. The lowest BCUT2D eigenvalue weighted by molar-refractivity contribution is 0.476. The van der Waals surface area contributed by atoms with Crippen LogP contribution in [0.3, 0.4) is 0 Å². The SMILES string of the molecule is Cc1ccc(O)c(P(=O)(c2cc(C)ccc2O)c2cc(C)ccc2O)c1. The summed E-state index contributed by atoms with van der Waals surface area (Å²) in [5, 5.41) is 32.0. The summed E-state index contributed by atoms with van der Waals surface area (Å²) in [6.45, 7) is 5.50. The molecule has 4 nitrogen and oxygen atoms in total. The third kappa shape index (κ3) is 2.97. The predicted octanol–water partition coefficient (Wildman–Crippen LogP) is 3.37. The van der Waals surface area contributed by atoms with Crippen molar-refractivity contribution in [3.05, 3.63) is 71.3 Å². The molecule has 26 heavy (non-hydrogen) atoms. The molecule has 0 aliphatic carbocycles. The fourth-order valence-electron chi connectivity index (χ4n) is 3.05. The van der Waals surface area contributed by atoms with Crippen LogP contribution in [0.5, 0.6) is 17.2 Å². The van der Waals surface area contributed by atoms with E-state index in [4.69, 9.17) is 0 Å².